The Bertz CT molecular complexity index is 529. The van der Waals surface area contributed by atoms with Crippen molar-refractivity contribution in [2.24, 2.45) is 0 Å². The molecule has 0 fully saturated rings. The van der Waals surface area contributed by atoms with Crippen LogP contribution in [0.1, 0.15) is 24.0 Å². The molecular weight excluding hydrogens is 300 g/mol. The fourth-order valence-corrected chi connectivity index (χ4v) is 2.35. The Kier molecular flexibility index (Phi) is 7.99. The van der Waals surface area contributed by atoms with Gasteiger partial charge in [-0.25, -0.2) is 0 Å². The van der Waals surface area contributed by atoms with Gasteiger partial charge in [-0.3, -0.25) is 4.79 Å². The van der Waals surface area contributed by atoms with Crippen molar-refractivity contribution in [1.29, 1.82) is 0 Å². The van der Waals surface area contributed by atoms with Gasteiger partial charge in [-0.1, -0.05) is 29.3 Å². The first kappa shape index (κ1) is 18.5. The van der Waals surface area contributed by atoms with Crippen LogP contribution in [0.2, 0.25) is 0 Å². The predicted molar refractivity (Wildman–Crippen MR) is 91.9 cm³/mol. The van der Waals surface area contributed by atoms with Gasteiger partial charge in [0.05, 0.1) is 13.0 Å². The zero-order valence-electron chi connectivity index (χ0n) is 13.3. The van der Waals surface area contributed by atoms with Crippen molar-refractivity contribution >= 4 is 18.3 Å². The molecular formula is C17H25ClN2O2. The van der Waals surface area contributed by atoms with E-state index in [1.54, 1.807) is 0 Å². The van der Waals surface area contributed by atoms with E-state index in [-0.39, 0.29) is 18.3 Å². The van der Waals surface area contributed by atoms with E-state index >= 15 is 0 Å². The molecule has 0 aliphatic carbocycles. The van der Waals surface area contributed by atoms with E-state index in [0.29, 0.717) is 19.6 Å². The molecule has 1 heterocycles. The molecule has 0 saturated carbocycles. The summed E-state index contributed by atoms with van der Waals surface area (Å²) in [7, 11) is 0. The van der Waals surface area contributed by atoms with Gasteiger partial charge in [0.2, 0.25) is 5.91 Å². The molecule has 1 aliphatic rings. The summed E-state index contributed by atoms with van der Waals surface area (Å²) in [6.45, 7) is 7.05. The minimum absolute atomic E-state index is 0. The van der Waals surface area contributed by atoms with Crippen LogP contribution in [0.25, 0.3) is 0 Å². The zero-order chi connectivity index (χ0) is 15.1. The lowest BCUT2D eigenvalue weighted by Gasteiger charge is -2.15. The molecule has 4 nitrogen and oxygen atoms in total. The van der Waals surface area contributed by atoms with E-state index in [1.807, 2.05) is 19.1 Å². The number of benzene rings is 1. The first-order valence-electron chi connectivity index (χ1n) is 7.50. The molecule has 0 bridgehead atoms. The Hall–Kier alpha value is -1.52. The van der Waals surface area contributed by atoms with Crippen LogP contribution in [0.3, 0.4) is 0 Å². The highest BCUT2D eigenvalue weighted by atomic mass is 35.5. The molecule has 0 radical (unpaired) electrons. The maximum absolute atomic E-state index is 11.8. The van der Waals surface area contributed by atoms with E-state index in [0.717, 1.165) is 30.8 Å². The molecule has 22 heavy (non-hydrogen) atoms. The van der Waals surface area contributed by atoms with Crippen molar-refractivity contribution < 1.29 is 9.53 Å². The molecule has 1 aliphatic heterocycles. The first-order valence-corrected chi connectivity index (χ1v) is 7.50. The van der Waals surface area contributed by atoms with Crippen LogP contribution in [0.4, 0.5) is 0 Å². The summed E-state index contributed by atoms with van der Waals surface area (Å²) in [4.78, 5) is 11.8. The van der Waals surface area contributed by atoms with Gasteiger partial charge >= 0.3 is 0 Å². The van der Waals surface area contributed by atoms with Gasteiger partial charge in [-0.05, 0) is 38.4 Å². The lowest BCUT2D eigenvalue weighted by atomic mass is 10.1. The fraction of sp³-hybridized carbons (Fsp3) is 0.471. The van der Waals surface area contributed by atoms with Crippen molar-refractivity contribution in [3.05, 3.63) is 41.0 Å². The third-order valence-electron chi connectivity index (χ3n) is 3.59. The smallest absolute Gasteiger partial charge is 0.223 e. The second-order valence-corrected chi connectivity index (χ2v) is 5.46. The second-order valence-electron chi connectivity index (χ2n) is 5.46. The van der Waals surface area contributed by atoms with Gasteiger partial charge in [0.1, 0.15) is 5.75 Å². The fourth-order valence-electron chi connectivity index (χ4n) is 2.35. The van der Waals surface area contributed by atoms with Crippen molar-refractivity contribution in [3.63, 3.8) is 0 Å². The molecule has 2 rings (SSSR count). The summed E-state index contributed by atoms with van der Waals surface area (Å²) in [6.07, 6.45) is 3.55. The van der Waals surface area contributed by atoms with Gasteiger partial charge in [-0.15, -0.1) is 12.4 Å². The normalized spacial score (nSPS) is 13.8. The van der Waals surface area contributed by atoms with Crippen LogP contribution in [0, 0.1) is 13.8 Å². The number of rotatable bonds is 6. The molecule has 0 aromatic heterocycles. The monoisotopic (exact) mass is 324 g/mol. The molecule has 0 atom stereocenters. The van der Waals surface area contributed by atoms with E-state index in [9.17, 15) is 4.79 Å². The van der Waals surface area contributed by atoms with Crippen LogP contribution in [-0.4, -0.2) is 32.1 Å². The molecule has 0 spiro atoms. The summed E-state index contributed by atoms with van der Waals surface area (Å²) in [5, 5.41) is 6.20. The molecule has 2 N–H and O–H groups in total. The van der Waals surface area contributed by atoms with Crippen LogP contribution in [0.15, 0.2) is 29.8 Å². The predicted octanol–water partition coefficient (Wildman–Crippen LogP) is 2.53. The molecule has 1 aromatic carbocycles. The van der Waals surface area contributed by atoms with Crippen molar-refractivity contribution in [3.8, 4) is 5.75 Å². The van der Waals surface area contributed by atoms with Crippen molar-refractivity contribution in [2.45, 2.75) is 26.7 Å². The van der Waals surface area contributed by atoms with Gasteiger partial charge in [0.25, 0.3) is 0 Å². The van der Waals surface area contributed by atoms with Crippen molar-refractivity contribution in [1.82, 2.24) is 10.6 Å². The number of nitrogens with one attached hydrogen (secondary N) is 2. The molecule has 0 unspecified atom stereocenters. The highest BCUT2D eigenvalue weighted by molar-refractivity contribution is 5.85. The average molecular weight is 325 g/mol. The van der Waals surface area contributed by atoms with Gasteiger partial charge in [0, 0.05) is 13.1 Å². The molecule has 122 valence electrons. The van der Waals surface area contributed by atoms with E-state index < -0.39 is 0 Å². The maximum atomic E-state index is 11.8. The molecule has 1 aromatic rings. The number of hydrogen-bond acceptors (Lipinski definition) is 3. The second kappa shape index (κ2) is 9.49. The Balaban J connectivity index is 0.00000242. The van der Waals surface area contributed by atoms with E-state index in [2.05, 4.69) is 29.7 Å². The quantitative estimate of drug-likeness (QED) is 0.791. The minimum Gasteiger partial charge on any atom is -0.493 e. The number of hydrogen-bond donors (Lipinski definition) is 2. The third-order valence-corrected chi connectivity index (χ3v) is 3.59. The van der Waals surface area contributed by atoms with E-state index in [1.165, 1.54) is 11.1 Å². The summed E-state index contributed by atoms with van der Waals surface area (Å²) >= 11 is 0. The Morgan fingerprint density at radius 2 is 2.18 bits per heavy atom. The van der Waals surface area contributed by atoms with Gasteiger partial charge < -0.3 is 15.4 Å². The Morgan fingerprint density at radius 1 is 1.36 bits per heavy atom. The standard InChI is InChI=1S/C17H24N2O2.ClH/c1-13-3-4-16(14(2)11-13)21-10-7-17(20)19-12-15-5-8-18-9-6-15;/h3-5,11,18H,6-10,12H2,1-2H3,(H,19,20);1H. The summed E-state index contributed by atoms with van der Waals surface area (Å²) in [5.74, 6) is 0.897. The maximum Gasteiger partial charge on any atom is 0.223 e. The number of ether oxygens (including phenoxy) is 1. The van der Waals surface area contributed by atoms with Crippen LogP contribution >= 0.6 is 12.4 Å². The Labute approximate surface area is 138 Å². The largest absolute Gasteiger partial charge is 0.493 e. The van der Waals surface area contributed by atoms with Gasteiger partial charge in [0.15, 0.2) is 0 Å². The summed E-state index contributed by atoms with van der Waals surface area (Å²) in [5.41, 5.74) is 3.63. The number of amides is 1. The average Bonchev–Trinajstić information content (AvgIpc) is 2.48. The topological polar surface area (TPSA) is 50.4 Å². The van der Waals surface area contributed by atoms with E-state index in [4.69, 9.17) is 4.74 Å². The highest BCUT2D eigenvalue weighted by Crippen LogP contribution is 2.18. The minimum atomic E-state index is 0. The molecule has 0 saturated heterocycles. The number of halogens is 1. The van der Waals surface area contributed by atoms with Crippen molar-refractivity contribution in [2.75, 3.05) is 26.2 Å². The first-order chi connectivity index (χ1) is 10.1. The number of carbonyl (C=O) groups is 1. The Morgan fingerprint density at radius 3 is 2.86 bits per heavy atom. The van der Waals surface area contributed by atoms with Crippen LogP contribution in [0.5, 0.6) is 5.75 Å². The molecule has 5 heteroatoms. The number of aryl methyl sites for hydroxylation is 2. The molecule has 1 amide bonds. The highest BCUT2D eigenvalue weighted by Gasteiger charge is 2.06. The SMILES string of the molecule is Cc1ccc(OCCC(=O)NCC2=CCNCC2)c(C)c1.Cl. The number of carbonyl (C=O) groups excluding carboxylic acids is 1. The third kappa shape index (κ3) is 6.08. The zero-order valence-corrected chi connectivity index (χ0v) is 14.1. The lowest BCUT2D eigenvalue weighted by Crippen LogP contribution is -2.30. The van der Waals surface area contributed by atoms with Gasteiger partial charge in [-0.2, -0.15) is 0 Å². The lowest BCUT2D eigenvalue weighted by molar-refractivity contribution is -0.121. The summed E-state index contributed by atoms with van der Waals surface area (Å²) < 4.78 is 5.67. The summed E-state index contributed by atoms with van der Waals surface area (Å²) in [6, 6.07) is 6.06. The van der Waals surface area contributed by atoms with Crippen LogP contribution in [-0.2, 0) is 4.79 Å². The van der Waals surface area contributed by atoms with Crippen LogP contribution < -0.4 is 15.4 Å².